The first-order valence-electron chi connectivity index (χ1n) is 6.08. The van der Waals surface area contributed by atoms with E-state index >= 15 is 0 Å². The first-order chi connectivity index (χ1) is 7.79. The Labute approximate surface area is 102 Å². The first-order valence-corrected chi connectivity index (χ1v) is 6.89. The molecule has 1 aromatic heterocycles. The molecule has 0 radical (unpaired) electrons. The second-order valence-electron chi connectivity index (χ2n) is 4.55. The van der Waals surface area contributed by atoms with Gasteiger partial charge in [0.2, 0.25) is 0 Å². The number of likely N-dealkylation sites (tertiary alicyclic amines) is 1. The number of thiazole rings is 1. The van der Waals surface area contributed by atoms with Crippen LogP contribution in [-0.4, -0.2) is 43.1 Å². The number of nitrogens with zero attached hydrogens (tertiary/aromatic N) is 2. The molecular formula is C12H21N3S. The molecule has 1 aliphatic heterocycles. The lowest BCUT2D eigenvalue weighted by atomic mass is 10.1. The van der Waals surface area contributed by atoms with Gasteiger partial charge in [0.15, 0.2) is 0 Å². The third-order valence-electron chi connectivity index (χ3n) is 3.30. The van der Waals surface area contributed by atoms with Crippen molar-refractivity contribution in [1.29, 1.82) is 0 Å². The van der Waals surface area contributed by atoms with Crippen molar-refractivity contribution in [2.75, 3.05) is 27.2 Å². The quantitative estimate of drug-likeness (QED) is 0.845. The van der Waals surface area contributed by atoms with E-state index in [1.54, 1.807) is 0 Å². The summed E-state index contributed by atoms with van der Waals surface area (Å²) in [5, 5.41) is 4.49. The number of hydrogen-bond acceptors (Lipinski definition) is 4. The highest BCUT2D eigenvalue weighted by Gasteiger charge is 2.21. The van der Waals surface area contributed by atoms with Crippen LogP contribution < -0.4 is 5.32 Å². The fourth-order valence-electron chi connectivity index (χ4n) is 2.24. The fraction of sp³-hybridized carbons (Fsp3) is 0.750. The van der Waals surface area contributed by atoms with Crippen LogP contribution in [0.2, 0.25) is 0 Å². The van der Waals surface area contributed by atoms with Crippen LogP contribution in [0.5, 0.6) is 0 Å². The van der Waals surface area contributed by atoms with Crippen molar-refractivity contribution < 1.29 is 0 Å². The summed E-state index contributed by atoms with van der Waals surface area (Å²) < 4.78 is 0. The van der Waals surface area contributed by atoms with Crippen LogP contribution in [0.4, 0.5) is 0 Å². The molecular weight excluding hydrogens is 218 g/mol. The molecule has 1 atom stereocenters. The first kappa shape index (κ1) is 12.0. The lowest BCUT2D eigenvalue weighted by Crippen LogP contribution is -2.26. The standard InChI is InChI=1S/C12H21N3S/c1-13-6-5-11-9-14-12(16-11)8-10-4-3-7-15(10)2/h9-10,13H,3-8H2,1-2H3. The van der Waals surface area contributed by atoms with Crippen molar-refractivity contribution in [1.82, 2.24) is 15.2 Å². The van der Waals surface area contributed by atoms with E-state index in [0.29, 0.717) is 0 Å². The monoisotopic (exact) mass is 239 g/mol. The summed E-state index contributed by atoms with van der Waals surface area (Å²) >= 11 is 1.88. The van der Waals surface area contributed by atoms with Crippen LogP contribution in [0, 0.1) is 0 Å². The fourth-order valence-corrected chi connectivity index (χ4v) is 3.24. The summed E-state index contributed by atoms with van der Waals surface area (Å²) in [6, 6.07) is 0.725. The predicted octanol–water partition coefficient (Wildman–Crippen LogP) is 1.54. The molecule has 1 aliphatic rings. The molecule has 0 amide bonds. The van der Waals surface area contributed by atoms with Gasteiger partial charge in [-0.15, -0.1) is 11.3 Å². The van der Waals surface area contributed by atoms with Gasteiger partial charge in [-0.2, -0.15) is 0 Å². The molecule has 1 aromatic rings. The van der Waals surface area contributed by atoms with Crippen molar-refractivity contribution >= 4 is 11.3 Å². The van der Waals surface area contributed by atoms with Crippen molar-refractivity contribution in [3.05, 3.63) is 16.1 Å². The zero-order chi connectivity index (χ0) is 11.4. The summed E-state index contributed by atoms with van der Waals surface area (Å²) in [6.45, 7) is 2.30. The highest BCUT2D eigenvalue weighted by atomic mass is 32.1. The van der Waals surface area contributed by atoms with E-state index < -0.39 is 0 Å². The lowest BCUT2D eigenvalue weighted by molar-refractivity contribution is 0.309. The number of aromatic nitrogens is 1. The number of nitrogens with one attached hydrogen (secondary N) is 1. The zero-order valence-electron chi connectivity index (χ0n) is 10.2. The third kappa shape index (κ3) is 3.03. The smallest absolute Gasteiger partial charge is 0.0943 e. The second-order valence-corrected chi connectivity index (χ2v) is 5.75. The highest BCUT2D eigenvalue weighted by molar-refractivity contribution is 7.11. The maximum atomic E-state index is 4.53. The SMILES string of the molecule is CNCCc1cnc(CC2CCCN2C)s1. The molecule has 0 bridgehead atoms. The zero-order valence-corrected chi connectivity index (χ0v) is 11.0. The van der Waals surface area contributed by atoms with E-state index in [2.05, 4.69) is 22.2 Å². The van der Waals surface area contributed by atoms with Crippen molar-refractivity contribution in [3.8, 4) is 0 Å². The Morgan fingerprint density at radius 3 is 3.19 bits per heavy atom. The summed E-state index contributed by atoms with van der Waals surface area (Å²) in [4.78, 5) is 8.41. The van der Waals surface area contributed by atoms with Gasteiger partial charge in [-0.05, 0) is 46.4 Å². The van der Waals surface area contributed by atoms with E-state index in [-0.39, 0.29) is 0 Å². The minimum absolute atomic E-state index is 0.725. The number of likely N-dealkylation sites (N-methyl/N-ethyl adjacent to an activating group) is 2. The van der Waals surface area contributed by atoms with Crippen LogP contribution in [0.1, 0.15) is 22.7 Å². The molecule has 2 rings (SSSR count). The van der Waals surface area contributed by atoms with Gasteiger partial charge in [-0.1, -0.05) is 0 Å². The Balaban J connectivity index is 1.87. The van der Waals surface area contributed by atoms with Crippen LogP contribution in [0.3, 0.4) is 0 Å². The molecule has 1 fully saturated rings. The molecule has 0 spiro atoms. The maximum absolute atomic E-state index is 4.53. The minimum Gasteiger partial charge on any atom is -0.319 e. The van der Waals surface area contributed by atoms with E-state index in [9.17, 15) is 0 Å². The molecule has 0 aromatic carbocycles. The number of rotatable bonds is 5. The molecule has 16 heavy (non-hydrogen) atoms. The number of hydrogen-bond donors (Lipinski definition) is 1. The summed E-state index contributed by atoms with van der Waals surface area (Å²) in [5.74, 6) is 0. The van der Waals surface area contributed by atoms with Gasteiger partial charge in [0.25, 0.3) is 0 Å². The van der Waals surface area contributed by atoms with Gasteiger partial charge in [0.1, 0.15) is 0 Å². The Hall–Kier alpha value is -0.450. The van der Waals surface area contributed by atoms with Crippen molar-refractivity contribution in [3.63, 3.8) is 0 Å². The predicted molar refractivity (Wildman–Crippen MR) is 69.1 cm³/mol. The van der Waals surface area contributed by atoms with E-state index in [1.165, 1.54) is 29.3 Å². The summed E-state index contributed by atoms with van der Waals surface area (Å²) in [7, 11) is 4.22. The molecule has 0 aliphatic carbocycles. The lowest BCUT2D eigenvalue weighted by Gasteiger charge is -2.17. The minimum atomic E-state index is 0.725. The van der Waals surface area contributed by atoms with Gasteiger partial charge in [-0.25, -0.2) is 4.98 Å². The molecule has 3 nitrogen and oxygen atoms in total. The van der Waals surface area contributed by atoms with Crippen molar-refractivity contribution in [2.45, 2.75) is 31.7 Å². The summed E-state index contributed by atoms with van der Waals surface area (Å²) in [6.07, 6.45) is 6.97. The van der Waals surface area contributed by atoms with Crippen LogP contribution in [0.15, 0.2) is 6.20 Å². The normalized spacial score (nSPS) is 21.8. The van der Waals surface area contributed by atoms with Crippen LogP contribution >= 0.6 is 11.3 Å². The molecule has 0 saturated carbocycles. The topological polar surface area (TPSA) is 28.2 Å². The molecule has 1 unspecified atom stereocenters. The Kier molecular flexibility index (Phi) is 4.32. The Bertz CT molecular complexity index is 324. The molecule has 4 heteroatoms. The summed E-state index contributed by atoms with van der Waals surface area (Å²) in [5.41, 5.74) is 0. The molecule has 90 valence electrons. The largest absolute Gasteiger partial charge is 0.319 e. The van der Waals surface area contributed by atoms with E-state index in [4.69, 9.17) is 0 Å². The highest BCUT2D eigenvalue weighted by Crippen LogP contribution is 2.22. The van der Waals surface area contributed by atoms with Gasteiger partial charge in [0.05, 0.1) is 5.01 Å². The second kappa shape index (κ2) is 5.75. The Morgan fingerprint density at radius 2 is 2.50 bits per heavy atom. The molecule has 1 N–H and O–H groups in total. The Morgan fingerprint density at radius 1 is 1.62 bits per heavy atom. The van der Waals surface area contributed by atoms with Crippen LogP contribution in [-0.2, 0) is 12.8 Å². The van der Waals surface area contributed by atoms with E-state index in [0.717, 1.165) is 25.4 Å². The van der Waals surface area contributed by atoms with Gasteiger partial charge < -0.3 is 10.2 Å². The van der Waals surface area contributed by atoms with Crippen LogP contribution in [0.25, 0.3) is 0 Å². The molecule has 1 saturated heterocycles. The third-order valence-corrected chi connectivity index (χ3v) is 4.38. The van der Waals surface area contributed by atoms with Gasteiger partial charge >= 0.3 is 0 Å². The maximum Gasteiger partial charge on any atom is 0.0943 e. The van der Waals surface area contributed by atoms with Crippen molar-refractivity contribution in [2.24, 2.45) is 0 Å². The van der Waals surface area contributed by atoms with E-state index in [1.807, 2.05) is 24.6 Å². The average Bonchev–Trinajstić information content (AvgIpc) is 2.87. The average molecular weight is 239 g/mol. The van der Waals surface area contributed by atoms with Gasteiger partial charge in [0, 0.05) is 23.5 Å². The molecule has 2 heterocycles. The van der Waals surface area contributed by atoms with Gasteiger partial charge in [-0.3, -0.25) is 0 Å².